The summed E-state index contributed by atoms with van der Waals surface area (Å²) in [4.78, 5) is 5.46. The third-order valence-corrected chi connectivity index (χ3v) is 2.64. The van der Waals surface area contributed by atoms with Gasteiger partial charge < -0.3 is 0 Å². The van der Waals surface area contributed by atoms with Gasteiger partial charge >= 0.3 is 0 Å². The molecule has 2 heteroatoms. The highest BCUT2D eigenvalue weighted by atomic mass is 16.6. The van der Waals surface area contributed by atoms with Gasteiger partial charge in [0.15, 0.2) is 0 Å². The fourth-order valence-electron chi connectivity index (χ4n) is 1.00. The van der Waals surface area contributed by atoms with E-state index in [1.807, 2.05) is 18.2 Å². The van der Waals surface area contributed by atoms with Gasteiger partial charge in [-0.15, -0.1) is 0 Å². The van der Waals surface area contributed by atoms with Crippen LogP contribution in [0.1, 0.15) is 33.3 Å². The summed E-state index contributed by atoms with van der Waals surface area (Å²) >= 11 is 0. The summed E-state index contributed by atoms with van der Waals surface area (Å²) in [5.74, 6) is 0. The molecular formula is C13H21NO. The fourth-order valence-corrected chi connectivity index (χ4v) is 1.00. The lowest BCUT2D eigenvalue weighted by Gasteiger charge is -2.27. The first kappa shape index (κ1) is 12.2. The number of hydrogen-bond donors (Lipinski definition) is 1. The van der Waals surface area contributed by atoms with Crippen LogP contribution in [0, 0.1) is 5.41 Å². The third-order valence-electron chi connectivity index (χ3n) is 2.64. The first-order valence-electron chi connectivity index (χ1n) is 5.41. The van der Waals surface area contributed by atoms with E-state index >= 15 is 0 Å². The van der Waals surface area contributed by atoms with E-state index in [2.05, 4.69) is 45.3 Å². The monoisotopic (exact) mass is 207 g/mol. The fraction of sp³-hybridized carbons (Fsp3) is 0.538. The molecule has 0 saturated carbocycles. The Labute approximate surface area is 92.6 Å². The highest BCUT2D eigenvalue weighted by Crippen LogP contribution is 2.18. The molecule has 15 heavy (non-hydrogen) atoms. The van der Waals surface area contributed by atoms with E-state index in [-0.39, 0.29) is 5.41 Å². The molecule has 1 aromatic rings. The minimum Gasteiger partial charge on any atom is -0.297 e. The number of rotatable bonds is 4. The standard InChI is InChI=1S/C13H21NO/c1-11(13(2,3)4)14-15-10-12-8-6-5-7-9-12/h5-9,11,14H,10H2,1-4H3. The summed E-state index contributed by atoms with van der Waals surface area (Å²) < 4.78 is 0. The maximum absolute atomic E-state index is 5.46. The Morgan fingerprint density at radius 1 is 1.20 bits per heavy atom. The van der Waals surface area contributed by atoms with Crippen LogP contribution < -0.4 is 5.48 Å². The molecule has 0 bridgehead atoms. The second-order valence-corrected chi connectivity index (χ2v) is 4.98. The molecule has 0 amide bonds. The predicted octanol–water partition coefficient (Wildman–Crippen LogP) is 3.14. The largest absolute Gasteiger partial charge is 0.297 e. The molecule has 0 saturated heterocycles. The Kier molecular flexibility index (Phi) is 4.30. The molecule has 0 aliphatic rings. The van der Waals surface area contributed by atoms with Crippen LogP contribution in [0.15, 0.2) is 30.3 Å². The van der Waals surface area contributed by atoms with Crippen molar-refractivity contribution in [2.24, 2.45) is 5.41 Å². The van der Waals surface area contributed by atoms with Crippen molar-refractivity contribution in [3.8, 4) is 0 Å². The Bertz CT molecular complexity index is 276. The van der Waals surface area contributed by atoms with Crippen molar-refractivity contribution >= 4 is 0 Å². The van der Waals surface area contributed by atoms with Crippen molar-refractivity contribution in [2.45, 2.75) is 40.3 Å². The van der Waals surface area contributed by atoms with Gasteiger partial charge in [0.1, 0.15) is 0 Å². The summed E-state index contributed by atoms with van der Waals surface area (Å²) in [6.45, 7) is 9.32. The number of nitrogens with one attached hydrogen (secondary N) is 1. The molecular weight excluding hydrogens is 186 g/mol. The number of benzene rings is 1. The lowest BCUT2D eigenvalue weighted by atomic mass is 9.89. The minimum absolute atomic E-state index is 0.219. The molecule has 1 unspecified atom stereocenters. The van der Waals surface area contributed by atoms with Gasteiger partial charge in [0, 0.05) is 6.04 Å². The summed E-state index contributed by atoms with van der Waals surface area (Å²) in [5, 5.41) is 0. The number of hydroxylamine groups is 1. The molecule has 0 fully saturated rings. The average Bonchev–Trinajstić information content (AvgIpc) is 2.18. The van der Waals surface area contributed by atoms with Crippen molar-refractivity contribution in [1.29, 1.82) is 0 Å². The molecule has 84 valence electrons. The highest BCUT2D eigenvalue weighted by Gasteiger charge is 2.19. The van der Waals surface area contributed by atoms with Crippen LogP contribution in [-0.4, -0.2) is 6.04 Å². The zero-order valence-electron chi connectivity index (χ0n) is 10.1. The second-order valence-electron chi connectivity index (χ2n) is 4.98. The highest BCUT2D eigenvalue weighted by molar-refractivity contribution is 5.13. The van der Waals surface area contributed by atoms with E-state index in [1.54, 1.807) is 0 Å². The Balaban J connectivity index is 2.28. The van der Waals surface area contributed by atoms with Crippen LogP contribution in [0.4, 0.5) is 0 Å². The van der Waals surface area contributed by atoms with E-state index in [4.69, 9.17) is 4.84 Å². The van der Waals surface area contributed by atoms with E-state index in [1.165, 1.54) is 5.56 Å². The van der Waals surface area contributed by atoms with E-state index in [9.17, 15) is 0 Å². The second kappa shape index (κ2) is 5.29. The zero-order chi connectivity index (χ0) is 11.3. The predicted molar refractivity (Wildman–Crippen MR) is 63.3 cm³/mol. The molecule has 1 N–H and O–H groups in total. The molecule has 0 heterocycles. The molecule has 1 aromatic carbocycles. The van der Waals surface area contributed by atoms with Gasteiger partial charge in [-0.05, 0) is 17.9 Å². The van der Waals surface area contributed by atoms with Gasteiger partial charge in [-0.1, -0.05) is 51.1 Å². The van der Waals surface area contributed by atoms with Gasteiger partial charge in [0.05, 0.1) is 6.61 Å². The quantitative estimate of drug-likeness (QED) is 0.766. The molecule has 0 aromatic heterocycles. The first-order chi connectivity index (χ1) is 7.00. The van der Waals surface area contributed by atoms with Crippen molar-refractivity contribution in [2.75, 3.05) is 0 Å². The van der Waals surface area contributed by atoms with Crippen LogP contribution >= 0.6 is 0 Å². The van der Waals surface area contributed by atoms with Gasteiger partial charge in [0.2, 0.25) is 0 Å². The van der Waals surface area contributed by atoms with Crippen molar-refractivity contribution in [3.63, 3.8) is 0 Å². The van der Waals surface area contributed by atoms with Gasteiger partial charge in [0.25, 0.3) is 0 Å². The summed E-state index contributed by atoms with van der Waals surface area (Å²) in [7, 11) is 0. The molecule has 0 aliphatic heterocycles. The van der Waals surface area contributed by atoms with Gasteiger partial charge in [-0.3, -0.25) is 4.84 Å². The molecule has 0 radical (unpaired) electrons. The van der Waals surface area contributed by atoms with E-state index in [0.717, 1.165) is 0 Å². The normalized spacial score (nSPS) is 13.9. The van der Waals surface area contributed by atoms with Crippen LogP contribution in [0.25, 0.3) is 0 Å². The Hall–Kier alpha value is -0.860. The maximum atomic E-state index is 5.46. The third kappa shape index (κ3) is 4.45. The van der Waals surface area contributed by atoms with Crippen LogP contribution in [0.5, 0.6) is 0 Å². The molecule has 0 aliphatic carbocycles. The number of hydrogen-bond acceptors (Lipinski definition) is 2. The molecule has 1 atom stereocenters. The van der Waals surface area contributed by atoms with Crippen molar-refractivity contribution < 1.29 is 4.84 Å². The lowest BCUT2D eigenvalue weighted by Crippen LogP contribution is -2.37. The van der Waals surface area contributed by atoms with Crippen molar-refractivity contribution in [3.05, 3.63) is 35.9 Å². The van der Waals surface area contributed by atoms with Crippen LogP contribution in [0.2, 0.25) is 0 Å². The summed E-state index contributed by atoms with van der Waals surface area (Å²) in [6, 6.07) is 10.5. The summed E-state index contributed by atoms with van der Waals surface area (Å²) in [6.07, 6.45) is 0. The summed E-state index contributed by atoms with van der Waals surface area (Å²) in [5.41, 5.74) is 4.48. The minimum atomic E-state index is 0.219. The SMILES string of the molecule is CC(NOCc1ccccc1)C(C)(C)C. The molecule has 2 nitrogen and oxygen atoms in total. The van der Waals surface area contributed by atoms with Gasteiger partial charge in [-0.2, -0.15) is 5.48 Å². The zero-order valence-corrected chi connectivity index (χ0v) is 10.1. The lowest BCUT2D eigenvalue weighted by molar-refractivity contribution is -0.0173. The first-order valence-corrected chi connectivity index (χ1v) is 5.41. The molecule has 0 spiro atoms. The van der Waals surface area contributed by atoms with Crippen LogP contribution in [0.3, 0.4) is 0 Å². The molecule has 1 rings (SSSR count). The smallest absolute Gasteiger partial charge is 0.0933 e. The maximum Gasteiger partial charge on any atom is 0.0933 e. The van der Waals surface area contributed by atoms with Gasteiger partial charge in [-0.25, -0.2) is 0 Å². The van der Waals surface area contributed by atoms with E-state index in [0.29, 0.717) is 12.6 Å². The Morgan fingerprint density at radius 3 is 2.33 bits per heavy atom. The van der Waals surface area contributed by atoms with E-state index < -0.39 is 0 Å². The topological polar surface area (TPSA) is 21.3 Å². The Morgan fingerprint density at radius 2 is 1.80 bits per heavy atom. The average molecular weight is 207 g/mol. The van der Waals surface area contributed by atoms with Crippen molar-refractivity contribution in [1.82, 2.24) is 5.48 Å². The van der Waals surface area contributed by atoms with Crippen LogP contribution in [-0.2, 0) is 11.4 Å².